The maximum Gasteiger partial charge on any atom is 0.290 e. The zero-order valence-corrected chi connectivity index (χ0v) is 17.6. The smallest absolute Gasteiger partial charge is 0.290 e. The molecule has 4 aromatic rings. The molecule has 0 radical (unpaired) electrons. The largest absolute Gasteiger partial charge is 0.508 e. The maximum atomic E-state index is 9.93. The zero-order chi connectivity index (χ0) is 22.5. The summed E-state index contributed by atoms with van der Waals surface area (Å²) >= 11 is 0. The number of rotatable bonds is 4. The van der Waals surface area contributed by atoms with Gasteiger partial charge in [-0.1, -0.05) is 30.3 Å². The van der Waals surface area contributed by atoms with Crippen LogP contribution >= 0.6 is 0 Å². The van der Waals surface area contributed by atoms with Crippen molar-refractivity contribution in [3.8, 4) is 11.5 Å². The van der Waals surface area contributed by atoms with E-state index in [-0.39, 0.29) is 18.1 Å². The van der Waals surface area contributed by atoms with Crippen LogP contribution < -0.4 is 4.74 Å². The number of pyridine rings is 1. The van der Waals surface area contributed by atoms with Crippen LogP contribution in [-0.4, -0.2) is 50.2 Å². The van der Waals surface area contributed by atoms with Crippen LogP contribution in [0.5, 0.6) is 11.5 Å². The van der Waals surface area contributed by atoms with E-state index in [2.05, 4.69) is 27.0 Å². The SMILES string of the molecule is COc1cccc2ccc(CN3Cc4[nH]cnc4C(c4cccc(O)c4)C3)nc12.O=CO. The summed E-state index contributed by atoms with van der Waals surface area (Å²) in [5.41, 5.74) is 5.12. The third-order valence-electron chi connectivity index (χ3n) is 5.52. The summed E-state index contributed by atoms with van der Waals surface area (Å²) in [4.78, 5) is 23.4. The first-order valence-electron chi connectivity index (χ1n) is 10.2. The molecular weight excluding hydrogens is 408 g/mol. The fourth-order valence-corrected chi connectivity index (χ4v) is 4.16. The summed E-state index contributed by atoms with van der Waals surface area (Å²) in [5, 5.41) is 17.9. The first-order chi connectivity index (χ1) is 15.6. The van der Waals surface area contributed by atoms with Crippen molar-refractivity contribution in [1.82, 2.24) is 19.9 Å². The van der Waals surface area contributed by atoms with Gasteiger partial charge in [0.2, 0.25) is 0 Å². The molecule has 164 valence electrons. The van der Waals surface area contributed by atoms with Gasteiger partial charge in [-0.3, -0.25) is 9.69 Å². The summed E-state index contributed by atoms with van der Waals surface area (Å²) in [7, 11) is 1.67. The van der Waals surface area contributed by atoms with Gasteiger partial charge in [0.25, 0.3) is 6.47 Å². The average Bonchev–Trinajstić information content (AvgIpc) is 3.27. The minimum atomic E-state index is -0.250. The number of phenolic OH excluding ortho intramolecular Hbond substituents is 1. The van der Waals surface area contributed by atoms with Gasteiger partial charge < -0.3 is 19.9 Å². The molecule has 0 spiro atoms. The quantitative estimate of drug-likeness (QED) is 0.423. The first kappa shape index (κ1) is 21.3. The normalized spacial score (nSPS) is 15.5. The Kier molecular flexibility index (Phi) is 6.32. The van der Waals surface area contributed by atoms with Crippen molar-refractivity contribution in [3.05, 3.63) is 83.6 Å². The third-order valence-corrected chi connectivity index (χ3v) is 5.52. The zero-order valence-electron chi connectivity index (χ0n) is 17.6. The number of aromatic nitrogens is 3. The molecule has 1 aliphatic heterocycles. The van der Waals surface area contributed by atoms with E-state index >= 15 is 0 Å². The van der Waals surface area contributed by atoms with Crippen molar-refractivity contribution < 1.29 is 19.7 Å². The van der Waals surface area contributed by atoms with E-state index in [1.807, 2.05) is 36.4 Å². The number of nitrogens with zero attached hydrogens (tertiary/aromatic N) is 3. The standard InChI is InChI=1S/C23H22N4O2.CH2O2/c1-29-21-7-3-4-15-8-9-17(26-22(15)21)11-27-12-19(16-5-2-6-18(28)10-16)23-20(13-27)24-14-25-23;2-1-3/h2-10,14,19,28H,11-13H2,1H3,(H,24,25);1H,(H,2,3). The lowest BCUT2D eigenvalue weighted by atomic mass is 9.90. The molecule has 0 amide bonds. The summed E-state index contributed by atoms with van der Waals surface area (Å²) < 4.78 is 5.48. The lowest BCUT2D eigenvalue weighted by Gasteiger charge is -2.32. The Labute approximate surface area is 185 Å². The van der Waals surface area contributed by atoms with Gasteiger partial charge in [0.1, 0.15) is 17.0 Å². The number of para-hydroxylation sites is 1. The fraction of sp³-hybridized carbons (Fsp3) is 0.208. The Balaban J connectivity index is 0.000000775. The van der Waals surface area contributed by atoms with Gasteiger partial charge >= 0.3 is 0 Å². The number of nitrogens with one attached hydrogen (secondary N) is 1. The highest BCUT2D eigenvalue weighted by Crippen LogP contribution is 2.33. The summed E-state index contributed by atoms with van der Waals surface area (Å²) in [6.45, 7) is 2.07. The van der Waals surface area contributed by atoms with Gasteiger partial charge in [0, 0.05) is 30.9 Å². The van der Waals surface area contributed by atoms with Crippen LogP contribution in [0.3, 0.4) is 0 Å². The van der Waals surface area contributed by atoms with Crippen LogP contribution in [0.15, 0.2) is 60.9 Å². The number of hydrogen-bond donors (Lipinski definition) is 3. The summed E-state index contributed by atoms with van der Waals surface area (Å²) in [6.07, 6.45) is 1.75. The lowest BCUT2D eigenvalue weighted by Crippen LogP contribution is -2.34. The Morgan fingerprint density at radius 2 is 2.03 bits per heavy atom. The predicted molar refractivity (Wildman–Crippen MR) is 120 cm³/mol. The van der Waals surface area contributed by atoms with E-state index in [0.717, 1.165) is 58.9 Å². The average molecular weight is 432 g/mol. The van der Waals surface area contributed by atoms with Gasteiger partial charge in [-0.15, -0.1) is 0 Å². The Hall–Kier alpha value is -3.91. The highest BCUT2D eigenvalue weighted by atomic mass is 16.5. The first-order valence-corrected chi connectivity index (χ1v) is 10.2. The molecule has 5 rings (SSSR count). The molecule has 32 heavy (non-hydrogen) atoms. The van der Waals surface area contributed by atoms with Crippen LogP contribution in [0, 0.1) is 0 Å². The Morgan fingerprint density at radius 1 is 1.22 bits per heavy atom. The molecule has 3 N–H and O–H groups in total. The maximum absolute atomic E-state index is 9.93. The van der Waals surface area contributed by atoms with Crippen molar-refractivity contribution in [2.45, 2.75) is 19.0 Å². The molecule has 1 unspecified atom stereocenters. The van der Waals surface area contributed by atoms with Gasteiger partial charge in [-0.25, -0.2) is 9.97 Å². The molecule has 3 heterocycles. The second-order valence-electron chi connectivity index (χ2n) is 7.52. The fourth-order valence-electron chi connectivity index (χ4n) is 4.16. The number of aromatic amines is 1. The number of aromatic hydroxyl groups is 1. The monoisotopic (exact) mass is 432 g/mol. The molecule has 2 aromatic carbocycles. The summed E-state index contributed by atoms with van der Waals surface area (Å²) in [5.74, 6) is 1.17. The third kappa shape index (κ3) is 4.40. The number of hydrogen-bond acceptors (Lipinski definition) is 6. The number of imidazole rings is 1. The van der Waals surface area contributed by atoms with Crippen LogP contribution in [0.4, 0.5) is 0 Å². The van der Waals surface area contributed by atoms with Crippen molar-refractivity contribution in [2.24, 2.45) is 0 Å². The number of fused-ring (bicyclic) bond motifs is 2. The summed E-state index contributed by atoms with van der Waals surface area (Å²) in [6, 6.07) is 17.6. The molecule has 1 aliphatic rings. The van der Waals surface area contributed by atoms with Gasteiger partial charge in [0.05, 0.1) is 30.5 Å². The number of carbonyl (C=O) groups is 1. The number of carboxylic acid groups (broad SMARTS) is 1. The predicted octanol–water partition coefficient (Wildman–Crippen LogP) is 3.52. The minimum Gasteiger partial charge on any atom is -0.508 e. The van der Waals surface area contributed by atoms with Crippen LogP contribution in [0.25, 0.3) is 10.9 Å². The molecule has 0 saturated carbocycles. The molecule has 1 atom stereocenters. The van der Waals surface area contributed by atoms with E-state index in [9.17, 15) is 5.11 Å². The van der Waals surface area contributed by atoms with Crippen molar-refractivity contribution >= 4 is 17.4 Å². The molecule has 8 heteroatoms. The molecule has 0 aliphatic carbocycles. The van der Waals surface area contributed by atoms with Gasteiger partial charge in [0.15, 0.2) is 0 Å². The highest BCUT2D eigenvalue weighted by Gasteiger charge is 2.29. The lowest BCUT2D eigenvalue weighted by molar-refractivity contribution is -0.122. The molecule has 0 bridgehead atoms. The number of benzene rings is 2. The van der Waals surface area contributed by atoms with E-state index in [0.29, 0.717) is 0 Å². The van der Waals surface area contributed by atoms with E-state index in [1.54, 1.807) is 19.5 Å². The van der Waals surface area contributed by atoms with E-state index in [1.165, 1.54) is 0 Å². The number of phenols is 1. The highest BCUT2D eigenvalue weighted by molar-refractivity contribution is 5.84. The van der Waals surface area contributed by atoms with Crippen molar-refractivity contribution in [2.75, 3.05) is 13.7 Å². The molecule has 0 saturated heterocycles. The van der Waals surface area contributed by atoms with E-state index in [4.69, 9.17) is 19.6 Å². The number of methoxy groups -OCH3 is 1. The second-order valence-corrected chi connectivity index (χ2v) is 7.52. The van der Waals surface area contributed by atoms with E-state index < -0.39 is 0 Å². The minimum absolute atomic E-state index is 0.104. The molecule has 2 aromatic heterocycles. The van der Waals surface area contributed by atoms with Crippen LogP contribution in [-0.2, 0) is 17.9 Å². The molecule has 0 fully saturated rings. The topological polar surface area (TPSA) is 112 Å². The van der Waals surface area contributed by atoms with Gasteiger partial charge in [-0.2, -0.15) is 0 Å². The van der Waals surface area contributed by atoms with Crippen molar-refractivity contribution in [3.63, 3.8) is 0 Å². The number of ether oxygens (including phenoxy) is 1. The Bertz CT molecular complexity index is 1220. The second kappa shape index (κ2) is 9.49. The van der Waals surface area contributed by atoms with Gasteiger partial charge in [-0.05, 0) is 29.8 Å². The molecular formula is C24H24N4O4. The molecule has 8 nitrogen and oxygen atoms in total. The Morgan fingerprint density at radius 3 is 2.81 bits per heavy atom. The van der Waals surface area contributed by atoms with Crippen LogP contribution in [0.2, 0.25) is 0 Å². The van der Waals surface area contributed by atoms with Crippen molar-refractivity contribution in [1.29, 1.82) is 0 Å². The number of H-pyrrole nitrogens is 1. The van der Waals surface area contributed by atoms with Crippen LogP contribution in [0.1, 0.15) is 28.6 Å².